The van der Waals surface area contributed by atoms with Crippen molar-refractivity contribution in [3.05, 3.63) is 64.7 Å². The number of hydrogen-bond donors (Lipinski definition) is 2. The van der Waals surface area contributed by atoms with E-state index < -0.39 is 0 Å². The van der Waals surface area contributed by atoms with Gasteiger partial charge >= 0.3 is 0 Å². The topological polar surface area (TPSA) is 50.4 Å². The van der Waals surface area contributed by atoms with Gasteiger partial charge in [0.25, 0.3) is 0 Å². The Balaban J connectivity index is 2.34. The van der Waals surface area contributed by atoms with Crippen molar-refractivity contribution in [1.82, 2.24) is 10.6 Å². The molecular weight excluding hydrogens is 312 g/mol. The van der Waals surface area contributed by atoms with Gasteiger partial charge in [0.1, 0.15) is 5.75 Å². The lowest BCUT2D eigenvalue weighted by Crippen LogP contribution is -2.31. The predicted octanol–water partition coefficient (Wildman–Crippen LogP) is 3.16. The average Bonchev–Trinajstić information content (AvgIpc) is 2.58. The summed E-state index contributed by atoms with van der Waals surface area (Å²) in [5.41, 5.74) is 1.79. The van der Waals surface area contributed by atoms with Gasteiger partial charge in [0.15, 0.2) is 0 Å². The van der Waals surface area contributed by atoms with Crippen molar-refractivity contribution >= 4 is 17.5 Å². The normalized spacial score (nSPS) is 11.8. The van der Waals surface area contributed by atoms with E-state index in [0.29, 0.717) is 18.0 Å². The molecule has 5 heteroatoms. The van der Waals surface area contributed by atoms with Crippen LogP contribution in [0.4, 0.5) is 0 Å². The summed E-state index contributed by atoms with van der Waals surface area (Å²) in [6, 6.07) is 14.8. The number of halogens is 1. The van der Waals surface area contributed by atoms with Gasteiger partial charge in [-0.1, -0.05) is 41.9 Å². The Morgan fingerprint density at radius 3 is 2.70 bits per heavy atom. The molecule has 2 aromatic carbocycles. The van der Waals surface area contributed by atoms with Crippen molar-refractivity contribution in [1.29, 1.82) is 0 Å². The minimum Gasteiger partial charge on any atom is -0.497 e. The molecule has 0 bridgehead atoms. The number of methoxy groups -OCH3 is 1. The van der Waals surface area contributed by atoms with Crippen molar-refractivity contribution in [2.45, 2.75) is 12.5 Å². The molecule has 0 aromatic heterocycles. The average molecular weight is 333 g/mol. The molecule has 0 aliphatic heterocycles. The third-order valence-electron chi connectivity index (χ3n) is 3.55. The zero-order valence-corrected chi connectivity index (χ0v) is 14.1. The van der Waals surface area contributed by atoms with Crippen LogP contribution in [0, 0.1) is 0 Å². The Morgan fingerprint density at radius 1 is 1.22 bits per heavy atom. The molecule has 1 amide bonds. The molecule has 0 aliphatic rings. The van der Waals surface area contributed by atoms with Crippen LogP contribution in [0.5, 0.6) is 5.75 Å². The Hall–Kier alpha value is -2.04. The molecule has 0 saturated carbocycles. The van der Waals surface area contributed by atoms with Crippen LogP contribution in [-0.2, 0) is 4.79 Å². The first kappa shape index (κ1) is 17.3. The van der Waals surface area contributed by atoms with Crippen molar-refractivity contribution < 1.29 is 9.53 Å². The van der Waals surface area contributed by atoms with Crippen LogP contribution in [0.2, 0.25) is 5.02 Å². The van der Waals surface area contributed by atoms with E-state index in [0.717, 1.165) is 16.9 Å². The Bertz CT molecular complexity index is 661. The largest absolute Gasteiger partial charge is 0.497 e. The fourth-order valence-corrected chi connectivity index (χ4v) is 2.59. The lowest BCUT2D eigenvalue weighted by atomic mass is 9.98. The molecule has 2 N–H and O–H groups in total. The van der Waals surface area contributed by atoms with E-state index in [1.54, 1.807) is 7.11 Å². The summed E-state index contributed by atoms with van der Waals surface area (Å²) in [6.45, 7) is 0.624. The third kappa shape index (κ3) is 4.71. The van der Waals surface area contributed by atoms with Gasteiger partial charge in [0.05, 0.1) is 13.2 Å². The summed E-state index contributed by atoms with van der Waals surface area (Å²) >= 11 is 6.34. The highest BCUT2D eigenvalue weighted by atomic mass is 35.5. The Morgan fingerprint density at radius 2 is 2.00 bits per heavy atom. The summed E-state index contributed by atoms with van der Waals surface area (Å²) in [4.78, 5) is 12.2. The number of carbonyl (C=O) groups excluding carboxylic acids is 1. The highest BCUT2D eigenvalue weighted by Crippen LogP contribution is 2.30. The summed E-state index contributed by atoms with van der Waals surface area (Å²) < 4.78 is 5.29. The second-order valence-electron chi connectivity index (χ2n) is 5.15. The number of nitrogens with one attached hydrogen (secondary N) is 2. The van der Waals surface area contributed by atoms with E-state index in [2.05, 4.69) is 10.6 Å². The molecule has 23 heavy (non-hydrogen) atoms. The van der Waals surface area contributed by atoms with Gasteiger partial charge in [-0.3, -0.25) is 4.79 Å². The van der Waals surface area contributed by atoms with Gasteiger partial charge < -0.3 is 15.4 Å². The Kier molecular flexibility index (Phi) is 6.44. The number of benzene rings is 2. The second kappa shape index (κ2) is 8.56. The first-order valence-electron chi connectivity index (χ1n) is 7.48. The van der Waals surface area contributed by atoms with Gasteiger partial charge in [0.2, 0.25) is 5.91 Å². The zero-order chi connectivity index (χ0) is 16.7. The minimum absolute atomic E-state index is 0.0351. The molecule has 0 radical (unpaired) electrons. The zero-order valence-electron chi connectivity index (χ0n) is 13.3. The van der Waals surface area contributed by atoms with Crippen LogP contribution in [0.15, 0.2) is 48.5 Å². The van der Waals surface area contributed by atoms with Crippen molar-refractivity contribution in [2.24, 2.45) is 0 Å². The van der Waals surface area contributed by atoms with Gasteiger partial charge in [-0.05, 0) is 36.4 Å². The summed E-state index contributed by atoms with van der Waals surface area (Å²) in [7, 11) is 3.44. The van der Waals surface area contributed by atoms with Gasteiger partial charge in [-0.25, -0.2) is 0 Å². The van der Waals surface area contributed by atoms with Crippen LogP contribution < -0.4 is 15.4 Å². The summed E-state index contributed by atoms with van der Waals surface area (Å²) in [5.74, 6) is 0.705. The third-order valence-corrected chi connectivity index (χ3v) is 3.89. The minimum atomic E-state index is -0.317. The van der Waals surface area contributed by atoms with Crippen LogP contribution >= 0.6 is 11.6 Å². The summed E-state index contributed by atoms with van der Waals surface area (Å²) in [5, 5.41) is 6.65. The van der Waals surface area contributed by atoms with E-state index in [9.17, 15) is 4.79 Å². The van der Waals surface area contributed by atoms with Crippen molar-refractivity contribution in [3.8, 4) is 5.75 Å². The first-order chi connectivity index (χ1) is 11.2. The fraction of sp³-hybridized carbons (Fsp3) is 0.278. The highest BCUT2D eigenvalue weighted by Gasteiger charge is 2.19. The molecule has 4 nitrogen and oxygen atoms in total. The molecule has 2 aromatic rings. The smallest absolute Gasteiger partial charge is 0.222 e. The van der Waals surface area contributed by atoms with E-state index in [1.807, 2.05) is 55.6 Å². The van der Waals surface area contributed by atoms with Gasteiger partial charge in [-0.2, -0.15) is 0 Å². The molecule has 2 rings (SSSR count). The molecule has 0 spiro atoms. The maximum absolute atomic E-state index is 12.2. The fourth-order valence-electron chi connectivity index (χ4n) is 2.34. The van der Waals surface area contributed by atoms with Crippen LogP contribution in [0.1, 0.15) is 23.6 Å². The van der Waals surface area contributed by atoms with E-state index >= 15 is 0 Å². The lowest BCUT2D eigenvalue weighted by molar-refractivity contribution is -0.121. The van der Waals surface area contributed by atoms with E-state index in [-0.39, 0.29) is 11.9 Å². The van der Waals surface area contributed by atoms with E-state index in [1.165, 1.54) is 0 Å². The number of ether oxygens (including phenoxy) is 1. The summed E-state index contributed by atoms with van der Waals surface area (Å²) in [6.07, 6.45) is 0.404. The standard InChI is InChI=1S/C18H21ClN2O2/c1-20-11-10-17(22)21-18(15-8-3-4-9-16(15)19)13-6-5-7-14(12-13)23-2/h3-9,12,18,20H,10-11H2,1-2H3,(H,21,22). The predicted molar refractivity (Wildman–Crippen MR) is 93.0 cm³/mol. The quantitative estimate of drug-likeness (QED) is 0.819. The molecule has 122 valence electrons. The van der Waals surface area contributed by atoms with E-state index in [4.69, 9.17) is 16.3 Å². The van der Waals surface area contributed by atoms with Crippen LogP contribution in [0.25, 0.3) is 0 Å². The maximum atomic E-state index is 12.2. The first-order valence-corrected chi connectivity index (χ1v) is 7.86. The monoisotopic (exact) mass is 332 g/mol. The van der Waals surface area contributed by atoms with Crippen LogP contribution in [0.3, 0.4) is 0 Å². The molecule has 0 aliphatic carbocycles. The van der Waals surface area contributed by atoms with Crippen molar-refractivity contribution in [2.75, 3.05) is 20.7 Å². The van der Waals surface area contributed by atoms with Crippen LogP contribution in [-0.4, -0.2) is 26.6 Å². The number of rotatable bonds is 7. The highest BCUT2D eigenvalue weighted by molar-refractivity contribution is 6.31. The molecule has 0 saturated heterocycles. The molecule has 1 atom stereocenters. The lowest BCUT2D eigenvalue weighted by Gasteiger charge is -2.21. The Labute approximate surface area is 141 Å². The molecule has 1 unspecified atom stereocenters. The van der Waals surface area contributed by atoms with Crippen molar-refractivity contribution in [3.63, 3.8) is 0 Å². The number of hydrogen-bond acceptors (Lipinski definition) is 3. The second-order valence-corrected chi connectivity index (χ2v) is 5.56. The number of amides is 1. The molecule has 0 heterocycles. The van der Waals surface area contributed by atoms with Gasteiger partial charge in [0, 0.05) is 18.0 Å². The maximum Gasteiger partial charge on any atom is 0.222 e. The van der Waals surface area contributed by atoms with Gasteiger partial charge in [-0.15, -0.1) is 0 Å². The molecular formula is C18H21ClN2O2. The number of carbonyl (C=O) groups is 1. The molecule has 0 fully saturated rings. The SMILES string of the molecule is CNCCC(=O)NC(c1cccc(OC)c1)c1ccccc1Cl.